The van der Waals surface area contributed by atoms with Crippen molar-refractivity contribution in [1.29, 1.82) is 0 Å². The third kappa shape index (κ3) is 5730. The largest absolute Gasteiger partial charge is 2.00 e. The maximum atomic E-state index is 8.25. The Morgan fingerprint density at radius 1 is 0.800 bits per heavy atom. The molecule has 0 saturated carbocycles. The van der Waals surface area contributed by atoms with Crippen molar-refractivity contribution in [2.45, 2.75) is 0 Å². The van der Waals surface area contributed by atoms with Crippen LogP contribution in [0.5, 0.6) is 0 Å². The second-order valence-corrected chi connectivity index (χ2v) is 0. The van der Waals surface area contributed by atoms with Gasteiger partial charge in [0, 0.05) is 0 Å². The Morgan fingerprint density at radius 2 is 0.800 bits per heavy atom. The third-order valence-corrected chi connectivity index (χ3v) is 0. The van der Waals surface area contributed by atoms with Crippen molar-refractivity contribution in [2.75, 3.05) is 0 Å². The molecule has 0 aliphatic carbocycles. The molecule has 0 atom stereocenters. The summed E-state index contributed by atoms with van der Waals surface area (Å²) in [6.07, 6.45) is 0. The molecule has 0 saturated heterocycles. The van der Waals surface area contributed by atoms with Crippen LogP contribution >= 0.6 is 0 Å². The van der Waals surface area contributed by atoms with E-state index in [1.54, 1.807) is 0 Å². The van der Waals surface area contributed by atoms with Crippen LogP contribution in [-0.2, 0) is 0 Å². The molecule has 0 radical (unpaired) electrons. The Bertz CT molecular complexity index is 7.61. The van der Waals surface area contributed by atoms with Gasteiger partial charge in [-0.25, -0.2) is 0 Å². The molecule has 0 aromatic carbocycles. The Labute approximate surface area is 31.1 Å². The molecular formula is BeF2O2. The Hall–Kier alpha value is -0.0512. The van der Waals surface area contributed by atoms with Crippen LogP contribution in [0.15, 0.2) is 0 Å². The van der Waals surface area contributed by atoms with Crippen LogP contribution in [0.1, 0.15) is 0 Å². The predicted octanol–water partition coefficient (Wildman–Crippen LogP) is -1.92. The molecule has 0 aliphatic rings. The zero-order valence-electron chi connectivity index (χ0n) is 2.28. The van der Waals surface area contributed by atoms with Gasteiger partial charge in [0.2, 0.25) is 0 Å². The zero-order chi connectivity index (χ0) is 4.00. The molecule has 0 rings (SSSR count). The van der Waals surface area contributed by atoms with Gasteiger partial charge in [0.15, 0.2) is 0 Å². The molecule has 0 unspecified atom stereocenters. The first-order valence-corrected chi connectivity index (χ1v) is 0.309. The standard InChI is InChI=1S/Be.2FO/c;2*1-2/q+2;2*-1. The van der Waals surface area contributed by atoms with Crippen molar-refractivity contribution in [2.24, 2.45) is 0 Å². The molecular weight excluding hydrogens is 79.0 g/mol. The number of rotatable bonds is 0. The summed E-state index contributed by atoms with van der Waals surface area (Å²) in [4.78, 5) is 0. The van der Waals surface area contributed by atoms with E-state index in [4.69, 9.17) is 19.7 Å². The van der Waals surface area contributed by atoms with Gasteiger partial charge in [-0.1, -0.05) is 0 Å². The topological polar surface area (TPSA) is 46.1 Å². The molecule has 2 nitrogen and oxygen atoms in total. The molecule has 5 heavy (non-hydrogen) atoms. The van der Waals surface area contributed by atoms with Gasteiger partial charge in [0.1, 0.15) is 0 Å². The smallest absolute Gasteiger partial charge is 0.682 e. The van der Waals surface area contributed by atoms with Crippen LogP contribution < -0.4 is 10.6 Å². The van der Waals surface area contributed by atoms with E-state index < -0.39 is 0 Å². The maximum absolute atomic E-state index is 8.25. The molecule has 0 aliphatic heterocycles. The molecule has 0 spiro atoms. The number of hydrogen-bond acceptors (Lipinski definition) is 2. The second-order valence-electron chi connectivity index (χ2n) is 0. The molecule has 0 N–H and O–H groups in total. The van der Waals surface area contributed by atoms with E-state index in [-0.39, 0.29) is 10.1 Å². The molecule has 0 heterocycles. The van der Waals surface area contributed by atoms with Gasteiger partial charge < -0.3 is 19.7 Å². The predicted molar refractivity (Wildman–Crippen MR) is 7.97 cm³/mol. The molecule has 0 aromatic rings. The van der Waals surface area contributed by atoms with Gasteiger partial charge in [0.05, 0.1) is 0 Å². The van der Waals surface area contributed by atoms with Crippen LogP contribution in [0.25, 0.3) is 0 Å². The van der Waals surface area contributed by atoms with E-state index in [0.717, 1.165) is 0 Å². The summed E-state index contributed by atoms with van der Waals surface area (Å²) < 4.78 is 16.5. The van der Waals surface area contributed by atoms with E-state index in [1.165, 1.54) is 0 Å². The van der Waals surface area contributed by atoms with Crippen molar-refractivity contribution >= 4 is 10.1 Å². The quantitative estimate of drug-likeness (QED) is 0.318. The molecule has 0 bridgehead atoms. The summed E-state index contributed by atoms with van der Waals surface area (Å²) in [6, 6.07) is 0. The first-order chi connectivity index (χ1) is 2.00. The minimum atomic E-state index is 0. The Morgan fingerprint density at radius 3 is 0.800 bits per heavy atom. The van der Waals surface area contributed by atoms with Crippen molar-refractivity contribution in [3.05, 3.63) is 0 Å². The van der Waals surface area contributed by atoms with Crippen LogP contribution in [0.3, 0.4) is 0 Å². The first-order valence-electron chi connectivity index (χ1n) is 0.309. The third-order valence-electron chi connectivity index (χ3n) is 0. The van der Waals surface area contributed by atoms with Crippen LogP contribution in [0.2, 0.25) is 0 Å². The maximum Gasteiger partial charge on any atom is 2.00 e. The molecule has 0 fully saturated rings. The molecule has 5 heteroatoms. The van der Waals surface area contributed by atoms with Crippen LogP contribution in [-0.4, -0.2) is 10.1 Å². The van der Waals surface area contributed by atoms with Gasteiger partial charge in [-0.05, 0) is 0 Å². The number of hydrogen-bond donors (Lipinski definition) is 0. The van der Waals surface area contributed by atoms with Gasteiger partial charge in [-0.3, -0.25) is 0 Å². The summed E-state index contributed by atoms with van der Waals surface area (Å²) in [5.74, 6) is 0. The molecule has 0 amide bonds. The molecule has 0 aromatic heterocycles. The van der Waals surface area contributed by atoms with E-state index in [0.29, 0.717) is 0 Å². The normalized spacial score (nSPS) is 2.40. The summed E-state index contributed by atoms with van der Waals surface area (Å²) >= 11 is 0. The SMILES string of the molecule is [Be+2].[O-]F.[O-]F. The molecule has 28 valence electrons. The van der Waals surface area contributed by atoms with Gasteiger partial charge >= 0.3 is 10.1 Å². The van der Waals surface area contributed by atoms with E-state index >= 15 is 0 Å². The second kappa shape index (κ2) is 13100. The van der Waals surface area contributed by atoms with E-state index in [9.17, 15) is 0 Å². The van der Waals surface area contributed by atoms with E-state index in [1.807, 2.05) is 0 Å². The van der Waals surface area contributed by atoms with E-state index in [2.05, 4.69) is 0 Å². The average Bonchev–Trinajstić information content (AvgIpc) is 1.50. The minimum Gasteiger partial charge on any atom is -0.682 e. The summed E-state index contributed by atoms with van der Waals surface area (Å²) in [5, 5.41) is 13.5. The van der Waals surface area contributed by atoms with Crippen molar-refractivity contribution in [1.82, 2.24) is 0 Å². The fourth-order valence-electron chi connectivity index (χ4n) is 0. The minimum absolute atomic E-state index is 0. The monoisotopic (exact) mass is 79.0 g/mol. The zero-order valence-corrected chi connectivity index (χ0v) is 2.28. The number of halogens is 2. The van der Waals surface area contributed by atoms with Gasteiger partial charge in [0.25, 0.3) is 0 Å². The Kier molecular flexibility index (Phi) is 53300. The van der Waals surface area contributed by atoms with Crippen LogP contribution in [0.4, 0.5) is 9.05 Å². The summed E-state index contributed by atoms with van der Waals surface area (Å²) in [5.41, 5.74) is 0. The summed E-state index contributed by atoms with van der Waals surface area (Å²) in [7, 11) is 0. The van der Waals surface area contributed by atoms with Crippen molar-refractivity contribution in [3.8, 4) is 0 Å². The van der Waals surface area contributed by atoms with Crippen molar-refractivity contribution in [3.63, 3.8) is 0 Å². The fraction of sp³-hybridized carbons (Fsp3) is 0. The van der Waals surface area contributed by atoms with Gasteiger partial charge in [-0.15, -0.1) is 0 Å². The first kappa shape index (κ1) is 20.3. The fourth-order valence-corrected chi connectivity index (χ4v) is 0. The summed E-state index contributed by atoms with van der Waals surface area (Å²) in [6.45, 7) is 0. The Balaban J connectivity index is -0.0000000133. The van der Waals surface area contributed by atoms with Crippen LogP contribution in [0, 0.1) is 0 Å². The van der Waals surface area contributed by atoms with Crippen molar-refractivity contribution < 1.29 is 19.7 Å². The van der Waals surface area contributed by atoms with Gasteiger partial charge in [-0.2, -0.15) is 0 Å². The average molecular weight is 79.0 g/mol.